The van der Waals surface area contributed by atoms with Crippen LogP contribution in [0.1, 0.15) is 42.5 Å². The monoisotopic (exact) mass is 413 g/mol. The quantitative estimate of drug-likeness (QED) is 0.574. The van der Waals surface area contributed by atoms with Crippen molar-refractivity contribution in [2.75, 3.05) is 10.6 Å². The van der Waals surface area contributed by atoms with Gasteiger partial charge in [0.25, 0.3) is 5.91 Å². The Hall–Kier alpha value is -2.44. The third-order valence-corrected chi connectivity index (χ3v) is 6.16. The van der Waals surface area contributed by atoms with E-state index in [0.29, 0.717) is 21.4 Å². The molecule has 3 aromatic rings. The second-order valence-corrected chi connectivity index (χ2v) is 8.45. The number of hydrogen-bond acceptors (Lipinski definition) is 4. The predicted octanol–water partition coefficient (Wildman–Crippen LogP) is 5.72. The number of nitrogens with zero attached hydrogens (tertiary/aromatic N) is 1. The molecule has 0 unspecified atom stereocenters. The summed E-state index contributed by atoms with van der Waals surface area (Å²) in [4.78, 5) is 29.3. The number of anilines is 2. The van der Waals surface area contributed by atoms with Gasteiger partial charge in [0.15, 0.2) is 5.13 Å². The Bertz CT molecular complexity index is 1010. The Labute approximate surface area is 172 Å². The average Bonchev–Trinajstić information content (AvgIpc) is 3.10. The van der Waals surface area contributed by atoms with Crippen LogP contribution in [-0.4, -0.2) is 16.8 Å². The Morgan fingerprint density at radius 3 is 2.50 bits per heavy atom. The molecule has 0 spiro atoms. The molecule has 0 bridgehead atoms. The van der Waals surface area contributed by atoms with Crippen molar-refractivity contribution in [1.29, 1.82) is 0 Å². The van der Waals surface area contributed by atoms with E-state index in [9.17, 15) is 9.59 Å². The minimum Gasteiger partial charge on any atom is -0.322 e. The molecule has 1 fully saturated rings. The van der Waals surface area contributed by atoms with Crippen molar-refractivity contribution in [2.45, 2.75) is 32.1 Å². The van der Waals surface area contributed by atoms with Crippen LogP contribution in [-0.2, 0) is 4.79 Å². The van der Waals surface area contributed by atoms with E-state index in [4.69, 9.17) is 11.6 Å². The summed E-state index contributed by atoms with van der Waals surface area (Å²) in [6.07, 6.45) is 5.37. The van der Waals surface area contributed by atoms with Crippen LogP contribution in [0.5, 0.6) is 0 Å². The van der Waals surface area contributed by atoms with E-state index in [1.165, 1.54) is 17.8 Å². The number of carbonyl (C=O) groups excluding carboxylic acids is 2. The van der Waals surface area contributed by atoms with Crippen molar-refractivity contribution in [3.05, 3.63) is 53.1 Å². The lowest BCUT2D eigenvalue weighted by Crippen LogP contribution is -2.24. The fraction of sp³-hybridized carbons (Fsp3) is 0.286. The van der Waals surface area contributed by atoms with Crippen LogP contribution < -0.4 is 10.6 Å². The molecule has 0 aliphatic heterocycles. The summed E-state index contributed by atoms with van der Waals surface area (Å²) in [5, 5.41) is 7.02. The standard InChI is InChI=1S/C21H20ClN3O2S/c22-15-8-6-14(7-9-15)19(26)23-16-10-11-18-17(12-16)24-21(28-18)25-20(27)13-4-2-1-3-5-13/h6-13H,1-5H2,(H,23,26)(H,24,25,27). The summed E-state index contributed by atoms with van der Waals surface area (Å²) < 4.78 is 0.962. The van der Waals surface area contributed by atoms with Gasteiger partial charge < -0.3 is 10.6 Å². The zero-order chi connectivity index (χ0) is 19.5. The van der Waals surface area contributed by atoms with Crippen LogP contribution in [0.4, 0.5) is 10.8 Å². The highest BCUT2D eigenvalue weighted by Gasteiger charge is 2.22. The normalized spacial score (nSPS) is 14.8. The zero-order valence-corrected chi connectivity index (χ0v) is 16.8. The van der Waals surface area contributed by atoms with E-state index >= 15 is 0 Å². The minimum atomic E-state index is -0.211. The Kier molecular flexibility index (Phi) is 5.59. The molecule has 0 atom stereocenters. The lowest BCUT2D eigenvalue weighted by Gasteiger charge is -2.19. The van der Waals surface area contributed by atoms with E-state index < -0.39 is 0 Å². The lowest BCUT2D eigenvalue weighted by atomic mass is 9.89. The number of amides is 2. The van der Waals surface area contributed by atoms with Crippen LogP contribution in [0.3, 0.4) is 0 Å². The molecule has 1 heterocycles. The maximum atomic E-state index is 12.4. The largest absolute Gasteiger partial charge is 0.322 e. The molecular formula is C21H20ClN3O2S. The lowest BCUT2D eigenvalue weighted by molar-refractivity contribution is -0.120. The average molecular weight is 414 g/mol. The second kappa shape index (κ2) is 8.29. The maximum absolute atomic E-state index is 12.4. The number of thiazole rings is 1. The summed E-state index contributed by atoms with van der Waals surface area (Å²) in [5.41, 5.74) is 1.93. The van der Waals surface area contributed by atoms with Crippen LogP contribution in [0, 0.1) is 5.92 Å². The molecule has 1 aromatic heterocycles. The molecule has 2 N–H and O–H groups in total. The van der Waals surface area contributed by atoms with Gasteiger partial charge in [-0.05, 0) is 55.3 Å². The Balaban J connectivity index is 1.46. The molecule has 144 valence electrons. The molecule has 1 aliphatic rings. The minimum absolute atomic E-state index is 0.0648. The van der Waals surface area contributed by atoms with Crippen molar-refractivity contribution < 1.29 is 9.59 Å². The van der Waals surface area contributed by atoms with Crippen LogP contribution in [0.2, 0.25) is 5.02 Å². The first kappa shape index (κ1) is 18.9. The van der Waals surface area contributed by atoms with Crippen LogP contribution in [0.25, 0.3) is 10.2 Å². The summed E-state index contributed by atoms with van der Waals surface area (Å²) in [7, 11) is 0. The molecule has 2 amide bonds. The molecule has 28 heavy (non-hydrogen) atoms. The van der Waals surface area contributed by atoms with Crippen molar-refractivity contribution in [1.82, 2.24) is 4.98 Å². The van der Waals surface area contributed by atoms with Gasteiger partial charge in [-0.15, -0.1) is 0 Å². The van der Waals surface area contributed by atoms with Gasteiger partial charge in [0.05, 0.1) is 10.2 Å². The third-order valence-electron chi connectivity index (χ3n) is 4.96. The SMILES string of the molecule is O=C(Nc1ccc2sc(NC(=O)C3CCCCC3)nc2c1)c1ccc(Cl)cc1. The molecule has 1 aliphatic carbocycles. The summed E-state index contributed by atoms with van der Waals surface area (Å²) >= 11 is 7.31. The fourth-order valence-corrected chi connectivity index (χ4v) is 4.41. The van der Waals surface area contributed by atoms with Gasteiger partial charge in [0.1, 0.15) is 0 Å². The topological polar surface area (TPSA) is 71.1 Å². The first-order chi connectivity index (χ1) is 13.6. The van der Waals surface area contributed by atoms with E-state index in [1.54, 1.807) is 24.3 Å². The van der Waals surface area contributed by atoms with Gasteiger partial charge in [0, 0.05) is 22.2 Å². The molecule has 2 aromatic carbocycles. The highest BCUT2D eigenvalue weighted by molar-refractivity contribution is 7.22. The van der Waals surface area contributed by atoms with Gasteiger partial charge in [-0.1, -0.05) is 42.2 Å². The number of halogens is 1. The first-order valence-corrected chi connectivity index (χ1v) is 10.6. The number of rotatable bonds is 4. The van der Waals surface area contributed by atoms with Crippen molar-refractivity contribution in [2.24, 2.45) is 5.92 Å². The fourth-order valence-electron chi connectivity index (χ4n) is 3.44. The van der Waals surface area contributed by atoms with E-state index in [-0.39, 0.29) is 17.7 Å². The van der Waals surface area contributed by atoms with Gasteiger partial charge in [-0.3, -0.25) is 9.59 Å². The molecule has 1 saturated carbocycles. The van der Waals surface area contributed by atoms with Crippen LogP contribution >= 0.6 is 22.9 Å². The van der Waals surface area contributed by atoms with Gasteiger partial charge >= 0.3 is 0 Å². The van der Waals surface area contributed by atoms with E-state index in [1.807, 2.05) is 18.2 Å². The summed E-state index contributed by atoms with van der Waals surface area (Å²) in [5.74, 6) is -0.0536. The zero-order valence-electron chi connectivity index (χ0n) is 15.2. The van der Waals surface area contributed by atoms with E-state index in [0.717, 1.165) is 35.9 Å². The third kappa shape index (κ3) is 4.34. The number of nitrogens with one attached hydrogen (secondary N) is 2. The number of hydrogen-bond donors (Lipinski definition) is 2. The van der Waals surface area contributed by atoms with Gasteiger partial charge in [-0.25, -0.2) is 4.98 Å². The first-order valence-electron chi connectivity index (χ1n) is 9.37. The summed E-state index contributed by atoms with van der Waals surface area (Å²) in [6.45, 7) is 0. The Morgan fingerprint density at radius 2 is 1.75 bits per heavy atom. The number of fused-ring (bicyclic) bond motifs is 1. The molecular weight excluding hydrogens is 394 g/mol. The second-order valence-electron chi connectivity index (χ2n) is 6.99. The molecule has 0 radical (unpaired) electrons. The number of benzene rings is 2. The van der Waals surface area contributed by atoms with Crippen molar-refractivity contribution in [3.8, 4) is 0 Å². The molecule has 4 rings (SSSR count). The Morgan fingerprint density at radius 1 is 1.00 bits per heavy atom. The maximum Gasteiger partial charge on any atom is 0.255 e. The van der Waals surface area contributed by atoms with Gasteiger partial charge in [-0.2, -0.15) is 0 Å². The van der Waals surface area contributed by atoms with Crippen molar-refractivity contribution >= 4 is 55.8 Å². The smallest absolute Gasteiger partial charge is 0.255 e. The highest BCUT2D eigenvalue weighted by atomic mass is 35.5. The highest BCUT2D eigenvalue weighted by Crippen LogP contribution is 2.30. The number of aromatic nitrogens is 1. The van der Waals surface area contributed by atoms with E-state index in [2.05, 4.69) is 15.6 Å². The summed E-state index contributed by atoms with van der Waals surface area (Å²) in [6, 6.07) is 12.3. The number of carbonyl (C=O) groups is 2. The van der Waals surface area contributed by atoms with Gasteiger partial charge in [0.2, 0.25) is 5.91 Å². The predicted molar refractivity (Wildman–Crippen MR) is 114 cm³/mol. The molecule has 5 nitrogen and oxygen atoms in total. The van der Waals surface area contributed by atoms with Crippen molar-refractivity contribution in [3.63, 3.8) is 0 Å². The van der Waals surface area contributed by atoms with Crippen LogP contribution in [0.15, 0.2) is 42.5 Å². The molecule has 7 heteroatoms. The molecule has 0 saturated heterocycles.